The molecule has 0 bridgehead atoms. The van der Waals surface area contributed by atoms with Crippen LogP contribution in [0.4, 0.5) is 0 Å². The van der Waals surface area contributed by atoms with Gasteiger partial charge in [0.05, 0.1) is 0 Å². The number of aliphatic imine (C=N–C) groups is 1. The first-order valence-corrected chi connectivity index (χ1v) is 3.75. The van der Waals surface area contributed by atoms with Crippen LogP contribution in [-0.4, -0.2) is 17.3 Å². The van der Waals surface area contributed by atoms with Gasteiger partial charge >= 0.3 is 0 Å². The molecule has 3 heteroatoms. The summed E-state index contributed by atoms with van der Waals surface area (Å²) >= 11 is 0. The van der Waals surface area contributed by atoms with Crippen LogP contribution in [0.1, 0.15) is 13.8 Å². The van der Waals surface area contributed by atoms with Gasteiger partial charge < -0.3 is 0 Å². The van der Waals surface area contributed by atoms with E-state index in [2.05, 4.69) is 29.5 Å². The molecule has 2 aliphatic heterocycles. The Morgan fingerprint density at radius 3 is 3.18 bits per heavy atom. The van der Waals surface area contributed by atoms with Crippen molar-refractivity contribution in [3.05, 3.63) is 23.7 Å². The zero-order valence-electron chi connectivity index (χ0n) is 6.76. The molecule has 0 fully saturated rings. The topological polar surface area (TPSA) is 27.6 Å². The normalized spacial score (nSPS) is 22.4. The fraction of sp³-hybridized carbons (Fsp3) is 0.375. The molecule has 0 radical (unpaired) electrons. The molecule has 0 aromatic heterocycles. The maximum Gasteiger partial charge on any atom is 0.144 e. The number of allylic oxidation sites excluding steroid dienone is 2. The van der Waals surface area contributed by atoms with Crippen molar-refractivity contribution in [1.82, 2.24) is 10.4 Å². The van der Waals surface area contributed by atoms with Gasteiger partial charge in [0.15, 0.2) is 0 Å². The molecule has 11 heavy (non-hydrogen) atoms. The van der Waals surface area contributed by atoms with Crippen LogP contribution in [0.25, 0.3) is 0 Å². The Morgan fingerprint density at radius 2 is 2.36 bits per heavy atom. The van der Waals surface area contributed by atoms with Crippen molar-refractivity contribution >= 4 is 5.71 Å². The summed E-state index contributed by atoms with van der Waals surface area (Å²) in [7, 11) is 0. The van der Waals surface area contributed by atoms with Crippen LogP contribution in [0.15, 0.2) is 28.7 Å². The van der Waals surface area contributed by atoms with Gasteiger partial charge in [-0.3, -0.25) is 5.01 Å². The first kappa shape index (κ1) is 6.61. The summed E-state index contributed by atoms with van der Waals surface area (Å²) < 4.78 is 0. The molecule has 0 amide bonds. The summed E-state index contributed by atoms with van der Waals surface area (Å²) in [4.78, 5) is 4.36. The van der Waals surface area contributed by atoms with Crippen molar-refractivity contribution in [2.75, 3.05) is 6.54 Å². The number of nitrogens with zero attached hydrogens (tertiary/aromatic N) is 2. The molecular formula is C8H11N3. The molecule has 0 unspecified atom stereocenters. The van der Waals surface area contributed by atoms with Crippen molar-refractivity contribution in [2.24, 2.45) is 4.99 Å². The molecule has 0 saturated carbocycles. The molecule has 0 atom stereocenters. The van der Waals surface area contributed by atoms with Gasteiger partial charge in [0.2, 0.25) is 0 Å². The molecule has 0 aromatic rings. The average Bonchev–Trinajstić information content (AvgIpc) is 2.34. The minimum Gasteiger partial charge on any atom is -0.264 e. The van der Waals surface area contributed by atoms with Crippen LogP contribution in [-0.2, 0) is 0 Å². The first-order chi connectivity index (χ1) is 5.27. The molecule has 2 aliphatic rings. The highest BCUT2D eigenvalue weighted by atomic mass is 15.6. The maximum atomic E-state index is 4.36. The molecule has 1 N–H and O–H groups in total. The van der Waals surface area contributed by atoms with E-state index >= 15 is 0 Å². The summed E-state index contributed by atoms with van der Waals surface area (Å²) in [6.07, 6.45) is 4.15. The molecule has 0 aliphatic carbocycles. The van der Waals surface area contributed by atoms with Crippen molar-refractivity contribution in [3.8, 4) is 0 Å². The SMILES string of the molecule is CC1=CC(C)=NC2=CCNN12. The van der Waals surface area contributed by atoms with E-state index in [1.165, 1.54) is 5.70 Å². The molecule has 2 heterocycles. The van der Waals surface area contributed by atoms with Crippen LogP contribution in [0.3, 0.4) is 0 Å². The molecule has 0 spiro atoms. The second-order valence-corrected chi connectivity index (χ2v) is 2.80. The first-order valence-electron chi connectivity index (χ1n) is 3.75. The zero-order valence-corrected chi connectivity index (χ0v) is 6.76. The third-order valence-corrected chi connectivity index (χ3v) is 1.82. The van der Waals surface area contributed by atoms with Gasteiger partial charge in [0.25, 0.3) is 0 Å². The largest absolute Gasteiger partial charge is 0.264 e. The highest BCUT2D eigenvalue weighted by molar-refractivity contribution is 5.94. The summed E-state index contributed by atoms with van der Waals surface area (Å²) in [5, 5.41) is 2.01. The van der Waals surface area contributed by atoms with Crippen LogP contribution in [0.5, 0.6) is 0 Å². The van der Waals surface area contributed by atoms with Crippen molar-refractivity contribution in [3.63, 3.8) is 0 Å². The van der Waals surface area contributed by atoms with E-state index < -0.39 is 0 Å². The Labute approximate surface area is 66.1 Å². The fourth-order valence-corrected chi connectivity index (χ4v) is 1.38. The number of hydrogen-bond donors (Lipinski definition) is 1. The Morgan fingerprint density at radius 1 is 1.55 bits per heavy atom. The van der Waals surface area contributed by atoms with E-state index in [9.17, 15) is 0 Å². The average molecular weight is 149 g/mol. The van der Waals surface area contributed by atoms with Gasteiger partial charge in [-0.05, 0) is 26.0 Å². The van der Waals surface area contributed by atoms with E-state index in [0.717, 1.165) is 18.1 Å². The number of fused-ring (bicyclic) bond motifs is 1. The number of rotatable bonds is 0. The van der Waals surface area contributed by atoms with E-state index in [4.69, 9.17) is 0 Å². The third-order valence-electron chi connectivity index (χ3n) is 1.82. The van der Waals surface area contributed by atoms with Crippen molar-refractivity contribution in [2.45, 2.75) is 13.8 Å². The van der Waals surface area contributed by atoms with Gasteiger partial charge in [-0.25, -0.2) is 10.4 Å². The summed E-state index contributed by atoms with van der Waals surface area (Å²) in [5.74, 6) is 1.03. The van der Waals surface area contributed by atoms with Crippen molar-refractivity contribution in [1.29, 1.82) is 0 Å². The van der Waals surface area contributed by atoms with E-state index in [0.29, 0.717) is 0 Å². The molecule has 0 aromatic carbocycles. The van der Waals surface area contributed by atoms with Crippen LogP contribution >= 0.6 is 0 Å². The minimum absolute atomic E-state index is 0.886. The predicted octanol–water partition coefficient (Wildman–Crippen LogP) is 1.03. The van der Waals surface area contributed by atoms with Crippen molar-refractivity contribution < 1.29 is 0 Å². The maximum absolute atomic E-state index is 4.36. The Bertz CT molecular complexity index is 273. The highest BCUT2D eigenvalue weighted by Gasteiger charge is 2.18. The smallest absolute Gasteiger partial charge is 0.144 e. The van der Waals surface area contributed by atoms with Crippen LogP contribution in [0.2, 0.25) is 0 Å². The van der Waals surface area contributed by atoms with Gasteiger partial charge in [-0.2, -0.15) is 0 Å². The van der Waals surface area contributed by atoms with Crippen LogP contribution < -0.4 is 5.43 Å². The predicted molar refractivity (Wildman–Crippen MR) is 44.8 cm³/mol. The van der Waals surface area contributed by atoms with Crippen LogP contribution in [0, 0.1) is 0 Å². The molecule has 58 valence electrons. The second kappa shape index (κ2) is 2.20. The molecule has 2 rings (SSSR count). The number of hydrazine groups is 1. The zero-order chi connectivity index (χ0) is 7.84. The molecule has 3 nitrogen and oxygen atoms in total. The van der Waals surface area contributed by atoms with E-state index in [1.54, 1.807) is 0 Å². The minimum atomic E-state index is 0.886. The number of nitrogens with one attached hydrogen (secondary N) is 1. The lowest BCUT2D eigenvalue weighted by atomic mass is 10.3. The summed E-state index contributed by atoms with van der Waals surface area (Å²) in [6.45, 7) is 4.97. The monoisotopic (exact) mass is 149 g/mol. The third kappa shape index (κ3) is 0.973. The Kier molecular flexibility index (Phi) is 1.32. The quantitative estimate of drug-likeness (QED) is 0.557. The van der Waals surface area contributed by atoms with Gasteiger partial charge in [-0.1, -0.05) is 0 Å². The lowest BCUT2D eigenvalue weighted by Crippen LogP contribution is -2.31. The second-order valence-electron chi connectivity index (χ2n) is 2.80. The lowest BCUT2D eigenvalue weighted by molar-refractivity contribution is 0.350. The van der Waals surface area contributed by atoms with E-state index in [1.807, 2.05) is 11.9 Å². The van der Waals surface area contributed by atoms with Gasteiger partial charge in [0, 0.05) is 18.0 Å². The highest BCUT2D eigenvalue weighted by Crippen LogP contribution is 2.19. The lowest BCUT2D eigenvalue weighted by Gasteiger charge is -2.23. The molecule has 0 saturated heterocycles. The standard InChI is InChI=1S/C8H11N3/c1-6-5-7(2)11-8(10-6)3-4-9-11/h3,5,9H,4H2,1-2H3. The molecular weight excluding hydrogens is 138 g/mol. The fourth-order valence-electron chi connectivity index (χ4n) is 1.38. The number of hydrogen-bond acceptors (Lipinski definition) is 3. The Hall–Kier alpha value is -1.09. The summed E-state index contributed by atoms with van der Waals surface area (Å²) in [6, 6.07) is 0. The summed E-state index contributed by atoms with van der Waals surface area (Å²) in [5.41, 5.74) is 5.48. The van der Waals surface area contributed by atoms with Gasteiger partial charge in [0.1, 0.15) is 5.82 Å². The van der Waals surface area contributed by atoms with E-state index in [-0.39, 0.29) is 0 Å². The van der Waals surface area contributed by atoms with Gasteiger partial charge in [-0.15, -0.1) is 0 Å². The Balaban J connectivity index is 2.40.